The van der Waals surface area contributed by atoms with Gasteiger partial charge in [-0.3, -0.25) is 0 Å². The second-order valence-corrected chi connectivity index (χ2v) is 4.90. The van der Waals surface area contributed by atoms with Gasteiger partial charge in [0.05, 0.1) is 11.9 Å². The number of nitrogens with zero attached hydrogens (tertiary/aromatic N) is 3. The maximum Gasteiger partial charge on any atom is 0.244 e. The fraction of sp³-hybridized carbons (Fsp3) is 0.118. The van der Waals surface area contributed by atoms with E-state index in [2.05, 4.69) is 20.5 Å². The highest BCUT2D eigenvalue weighted by Gasteiger charge is 2.03. The summed E-state index contributed by atoms with van der Waals surface area (Å²) >= 11 is 0. The minimum absolute atomic E-state index is 0.457. The summed E-state index contributed by atoms with van der Waals surface area (Å²) in [5, 5.41) is 4.11. The fourth-order valence-electron chi connectivity index (χ4n) is 2.05. The summed E-state index contributed by atoms with van der Waals surface area (Å²) < 4.78 is 5.41. The Balaban J connectivity index is 1.79. The largest absolute Gasteiger partial charge is 0.460 e. The van der Waals surface area contributed by atoms with Crippen molar-refractivity contribution in [2.75, 3.05) is 5.43 Å². The molecule has 5 heteroatoms. The van der Waals surface area contributed by atoms with Gasteiger partial charge in [0.25, 0.3) is 0 Å². The van der Waals surface area contributed by atoms with Crippen LogP contribution < -0.4 is 5.43 Å². The summed E-state index contributed by atoms with van der Waals surface area (Å²) in [6.07, 6.45) is 1.60. The molecule has 3 aromatic rings. The van der Waals surface area contributed by atoms with Crippen LogP contribution in [0.1, 0.15) is 17.2 Å². The van der Waals surface area contributed by atoms with E-state index in [0.717, 1.165) is 22.7 Å². The summed E-state index contributed by atoms with van der Waals surface area (Å²) in [4.78, 5) is 8.80. The van der Waals surface area contributed by atoms with Crippen LogP contribution in [0.25, 0.3) is 11.3 Å². The van der Waals surface area contributed by atoms with Gasteiger partial charge in [-0.1, -0.05) is 30.3 Å². The number of rotatable bonds is 4. The number of hydrazone groups is 1. The zero-order valence-corrected chi connectivity index (χ0v) is 12.4. The Labute approximate surface area is 128 Å². The molecule has 22 heavy (non-hydrogen) atoms. The van der Waals surface area contributed by atoms with Crippen molar-refractivity contribution >= 4 is 12.2 Å². The molecule has 0 amide bonds. The van der Waals surface area contributed by atoms with Crippen molar-refractivity contribution in [2.45, 2.75) is 13.8 Å². The summed E-state index contributed by atoms with van der Waals surface area (Å²) in [6.45, 7) is 3.82. The first-order valence-electron chi connectivity index (χ1n) is 6.97. The molecule has 2 aromatic heterocycles. The second-order valence-electron chi connectivity index (χ2n) is 4.90. The molecule has 0 spiro atoms. The van der Waals surface area contributed by atoms with E-state index in [1.807, 2.05) is 62.4 Å². The number of nitrogens with one attached hydrogen (secondary N) is 1. The lowest BCUT2D eigenvalue weighted by Gasteiger charge is -2.05. The van der Waals surface area contributed by atoms with Crippen molar-refractivity contribution in [2.24, 2.45) is 5.10 Å². The fourth-order valence-corrected chi connectivity index (χ4v) is 2.05. The first kappa shape index (κ1) is 14.0. The van der Waals surface area contributed by atoms with Crippen LogP contribution in [0.4, 0.5) is 5.95 Å². The molecule has 0 radical (unpaired) electrons. The van der Waals surface area contributed by atoms with Crippen LogP contribution in [0.2, 0.25) is 0 Å². The van der Waals surface area contributed by atoms with Crippen LogP contribution in [0.5, 0.6) is 0 Å². The summed E-state index contributed by atoms with van der Waals surface area (Å²) in [7, 11) is 0. The summed E-state index contributed by atoms with van der Waals surface area (Å²) in [6, 6.07) is 15.7. The number of furan rings is 1. The molecule has 5 nitrogen and oxygen atoms in total. The normalized spacial score (nSPS) is 11.0. The topological polar surface area (TPSA) is 63.3 Å². The van der Waals surface area contributed by atoms with E-state index in [-0.39, 0.29) is 0 Å². The highest BCUT2D eigenvalue weighted by Crippen LogP contribution is 2.18. The lowest BCUT2D eigenvalue weighted by molar-refractivity contribution is 0.528. The zero-order valence-electron chi connectivity index (χ0n) is 12.4. The van der Waals surface area contributed by atoms with Crippen LogP contribution >= 0.6 is 0 Å². The molecule has 3 rings (SSSR count). The minimum Gasteiger partial charge on any atom is -0.460 e. The molecule has 0 atom stereocenters. The molecule has 0 aliphatic heterocycles. The third-order valence-electron chi connectivity index (χ3n) is 3.04. The Morgan fingerprint density at radius 3 is 2.59 bits per heavy atom. The lowest BCUT2D eigenvalue weighted by atomic mass is 10.1. The van der Waals surface area contributed by atoms with E-state index in [1.54, 1.807) is 6.21 Å². The second kappa shape index (κ2) is 6.22. The number of hydrogen-bond acceptors (Lipinski definition) is 5. The molecule has 0 aliphatic carbocycles. The number of aromatic nitrogens is 2. The Kier molecular flexibility index (Phi) is 3.96. The minimum atomic E-state index is 0.457. The average Bonchev–Trinajstić information content (AvgIpc) is 2.93. The number of benzene rings is 1. The molecule has 1 aromatic carbocycles. The predicted molar refractivity (Wildman–Crippen MR) is 86.9 cm³/mol. The van der Waals surface area contributed by atoms with Gasteiger partial charge in [-0.05, 0) is 32.0 Å². The van der Waals surface area contributed by atoms with Gasteiger partial charge in [0, 0.05) is 11.3 Å². The van der Waals surface area contributed by atoms with Crippen molar-refractivity contribution < 1.29 is 4.42 Å². The summed E-state index contributed by atoms with van der Waals surface area (Å²) in [5.74, 6) is 1.99. The van der Waals surface area contributed by atoms with E-state index < -0.39 is 0 Å². The van der Waals surface area contributed by atoms with Crippen LogP contribution in [0.15, 0.2) is 58.0 Å². The average molecular weight is 292 g/mol. The van der Waals surface area contributed by atoms with Crippen molar-refractivity contribution in [1.82, 2.24) is 9.97 Å². The summed E-state index contributed by atoms with van der Waals surface area (Å²) in [5.41, 5.74) is 5.62. The molecular formula is C17H16N4O. The Bertz CT molecular complexity index is 793. The van der Waals surface area contributed by atoms with Crippen LogP contribution in [0.3, 0.4) is 0 Å². The standard InChI is InChI=1S/C17H16N4O/c1-12-10-16(14-6-4-3-5-7-14)20-17(19-12)21-18-11-15-9-8-13(2)22-15/h3-11H,1-2H3,(H,19,20,21)/b18-11-. The SMILES string of the molecule is Cc1cc(-c2ccccc2)nc(N/N=C\c2ccc(C)o2)n1. The van der Waals surface area contributed by atoms with Crippen molar-refractivity contribution in [3.63, 3.8) is 0 Å². The molecule has 2 heterocycles. The van der Waals surface area contributed by atoms with Gasteiger partial charge in [-0.2, -0.15) is 5.10 Å². The molecule has 110 valence electrons. The third-order valence-corrected chi connectivity index (χ3v) is 3.04. The molecule has 1 N–H and O–H groups in total. The van der Waals surface area contributed by atoms with Gasteiger partial charge in [0.15, 0.2) is 0 Å². The van der Waals surface area contributed by atoms with E-state index in [0.29, 0.717) is 11.7 Å². The van der Waals surface area contributed by atoms with Crippen LogP contribution in [-0.4, -0.2) is 16.2 Å². The van der Waals surface area contributed by atoms with Gasteiger partial charge >= 0.3 is 0 Å². The van der Waals surface area contributed by atoms with Crippen LogP contribution in [0, 0.1) is 13.8 Å². The molecule has 0 saturated carbocycles. The van der Waals surface area contributed by atoms with Gasteiger partial charge in [-0.15, -0.1) is 0 Å². The van der Waals surface area contributed by atoms with E-state index >= 15 is 0 Å². The molecular weight excluding hydrogens is 276 g/mol. The monoisotopic (exact) mass is 292 g/mol. The van der Waals surface area contributed by atoms with Gasteiger partial charge in [0.2, 0.25) is 5.95 Å². The Hall–Kier alpha value is -2.95. The highest BCUT2D eigenvalue weighted by atomic mass is 16.3. The molecule has 0 aliphatic rings. The van der Waals surface area contributed by atoms with Crippen molar-refractivity contribution in [3.05, 3.63) is 65.7 Å². The van der Waals surface area contributed by atoms with Gasteiger partial charge in [-0.25, -0.2) is 15.4 Å². The van der Waals surface area contributed by atoms with Crippen molar-refractivity contribution in [3.8, 4) is 11.3 Å². The zero-order chi connectivity index (χ0) is 15.4. The third kappa shape index (κ3) is 3.38. The van der Waals surface area contributed by atoms with Crippen molar-refractivity contribution in [1.29, 1.82) is 0 Å². The van der Waals surface area contributed by atoms with Gasteiger partial charge < -0.3 is 4.42 Å². The van der Waals surface area contributed by atoms with E-state index in [4.69, 9.17) is 4.42 Å². The Morgan fingerprint density at radius 2 is 1.86 bits per heavy atom. The first-order chi connectivity index (χ1) is 10.7. The van der Waals surface area contributed by atoms with Crippen LogP contribution in [-0.2, 0) is 0 Å². The predicted octanol–water partition coefficient (Wildman–Crippen LogP) is 3.80. The smallest absolute Gasteiger partial charge is 0.244 e. The first-order valence-corrected chi connectivity index (χ1v) is 6.97. The van der Waals surface area contributed by atoms with E-state index in [1.165, 1.54) is 0 Å². The molecule has 0 saturated heterocycles. The quantitative estimate of drug-likeness (QED) is 0.587. The lowest BCUT2D eigenvalue weighted by Crippen LogP contribution is -1.99. The number of hydrogen-bond donors (Lipinski definition) is 1. The highest BCUT2D eigenvalue weighted by molar-refractivity contribution is 5.76. The van der Waals surface area contributed by atoms with E-state index in [9.17, 15) is 0 Å². The Morgan fingerprint density at radius 1 is 1.05 bits per heavy atom. The molecule has 0 unspecified atom stereocenters. The molecule has 0 fully saturated rings. The van der Waals surface area contributed by atoms with Gasteiger partial charge in [0.1, 0.15) is 11.5 Å². The molecule has 0 bridgehead atoms. The number of anilines is 1. The maximum atomic E-state index is 5.41. The number of aryl methyl sites for hydroxylation is 2. The maximum absolute atomic E-state index is 5.41.